The van der Waals surface area contributed by atoms with Crippen LogP contribution >= 0.6 is 0 Å². The second kappa shape index (κ2) is 7.43. The van der Waals surface area contributed by atoms with Crippen molar-refractivity contribution in [3.63, 3.8) is 0 Å². The molecule has 2 N–H and O–H groups in total. The summed E-state index contributed by atoms with van der Waals surface area (Å²) < 4.78 is 5.57. The fraction of sp³-hybridized carbons (Fsp3) is 0.562. The summed E-state index contributed by atoms with van der Waals surface area (Å²) in [5, 5.41) is 6.18. The highest BCUT2D eigenvalue weighted by Crippen LogP contribution is 2.17. The van der Waals surface area contributed by atoms with E-state index >= 15 is 0 Å². The van der Waals surface area contributed by atoms with E-state index in [2.05, 4.69) is 23.6 Å². The molecule has 0 aliphatic carbocycles. The van der Waals surface area contributed by atoms with Gasteiger partial charge in [0.1, 0.15) is 0 Å². The molecule has 1 aliphatic heterocycles. The van der Waals surface area contributed by atoms with Crippen molar-refractivity contribution in [1.29, 1.82) is 0 Å². The number of carbonyl (C=O) groups is 1. The second-order valence-electron chi connectivity index (χ2n) is 5.55. The van der Waals surface area contributed by atoms with Crippen molar-refractivity contribution < 1.29 is 9.53 Å². The predicted octanol–water partition coefficient (Wildman–Crippen LogP) is 2.61. The Labute approximate surface area is 126 Å². The van der Waals surface area contributed by atoms with Crippen LogP contribution in [-0.2, 0) is 4.74 Å². The van der Waals surface area contributed by atoms with Crippen LogP contribution in [0.4, 0.5) is 10.5 Å². The topological polar surface area (TPSA) is 53.6 Å². The minimum atomic E-state index is -0.0541. The van der Waals surface area contributed by atoms with Crippen LogP contribution < -0.4 is 10.6 Å². The van der Waals surface area contributed by atoms with E-state index < -0.39 is 0 Å². The van der Waals surface area contributed by atoms with E-state index in [4.69, 9.17) is 4.74 Å². The lowest BCUT2D eigenvalue weighted by atomic mass is 10.1. The van der Waals surface area contributed by atoms with Gasteiger partial charge in [0.25, 0.3) is 0 Å². The number of hydrogen-bond acceptors (Lipinski definition) is 3. The first-order chi connectivity index (χ1) is 10.1. The summed E-state index contributed by atoms with van der Waals surface area (Å²) >= 11 is 0. The van der Waals surface area contributed by atoms with Crippen LogP contribution in [-0.4, -0.2) is 43.8 Å². The van der Waals surface area contributed by atoms with E-state index in [9.17, 15) is 4.79 Å². The Morgan fingerprint density at radius 1 is 1.48 bits per heavy atom. The summed E-state index contributed by atoms with van der Waals surface area (Å²) in [5.41, 5.74) is 1.99. The summed E-state index contributed by atoms with van der Waals surface area (Å²) in [6.45, 7) is 6.19. The molecule has 1 aliphatic rings. The van der Waals surface area contributed by atoms with Crippen LogP contribution in [0.1, 0.15) is 31.9 Å². The third kappa shape index (κ3) is 4.44. The van der Waals surface area contributed by atoms with Gasteiger partial charge in [-0.25, -0.2) is 4.79 Å². The number of rotatable bonds is 3. The molecule has 1 saturated heterocycles. The average Bonchev–Trinajstić information content (AvgIpc) is 2.71. The van der Waals surface area contributed by atoms with Crippen molar-refractivity contribution >= 4 is 11.7 Å². The molecule has 0 bridgehead atoms. The molecule has 1 aromatic rings. The zero-order valence-corrected chi connectivity index (χ0v) is 13.1. The Balaban J connectivity index is 2.01. The number of urea groups is 1. The van der Waals surface area contributed by atoms with Crippen molar-refractivity contribution in [2.75, 3.05) is 32.1 Å². The monoisotopic (exact) mass is 291 g/mol. The molecule has 1 fully saturated rings. The van der Waals surface area contributed by atoms with Gasteiger partial charge in [0, 0.05) is 31.4 Å². The number of nitrogens with zero attached hydrogens (tertiary/aromatic N) is 1. The first-order valence-corrected chi connectivity index (χ1v) is 7.55. The average molecular weight is 291 g/mol. The van der Waals surface area contributed by atoms with Crippen LogP contribution in [0.2, 0.25) is 0 Å². The van der Waals surface area contributed by atoms with Gasteiger partial charge in [-0.1, -0.05) is 12.1 Å². The lowest BCUT2D eigenvalue weighted by Crippen LogP contribution is -2.38. The summed E-state index contributed by atoms with van der Waals surface area (Å²) in [6, 6.07) is 8.15. The molecular weight excluding hydrogens is 266 g/mol. The molecule has 0 radical (unpaired) electrons. The molecule has 1 aromatic carbocycles. The highest BCUT2D eigenvalue weighted by Gasteiger charge is 2.19. The SMILES string of the molecule is CNC(C)c1cccc(NC(=O)N2CCCOC(C)C2)c1. The molecule has 116 valence electrons. The third-order valence-corrected chi connectivity index (χ3v) is 3.81. The van der Waals surface area contributed by atoms with E-state index in [0.29, 0.717) is 6.54 Å². The van der Waals surface area contributed by atoms with Crippen molar-refractivity contribution in [3.8, 4) is 0 Å². The van der Waals surface area contributed by atoms with E-state index in [-0.39, 0.29) is 18.2 Å². The summed E-state index contributed by atoms with van der Waals surface area (Å²) in [6.07, 6.45) is 0.975. The Kier molecular flexibility index (Phi) is 5.59. The van der Waals surface area contributed by atoms with Gasteiger partial charge in [-0.3, -0.25) is 0 Å². The van der Waals surface area contributed by atoms with Gasteiger partial charge in [0.15, 0.2) is 0 Å². The van der Waals surface area contributed by atoms with Crippen LogP contribution in [0, 0.1) is 0 Å². The van der Waals surface area contributed by atoms with Crippen LogP contribution in [0.25, 0.3) is 0 Å². The Hall–Kier alpha value is -1.59. The first-order valence-electron chi connectivity index (χ1n) is 7.55. The normalized spacial score (nSPS) is 20.7. The Bertz CT molecular complexity index is 478. The third-order valence-electron chi connectivity index (χ3n) is 3.81. The molecule has 2 atom stereocenters. The molecule has 5 heteroatoms. The molecule has 0 saturated carbocycles. The number of carbonyl (C=O) groups excluding carboxylic acids is 1. The minimum Gasteiger partial charge on any atom is -0.377 e. The van der Waals surface area contributed by atoms with Crippen LogP contribution in [0.15, 0.2) is 24.3 Å². The molecule has 2 rings (SSSR count). The largest absolute Gasteiger partial charge is 0.377 e. The number of anilines is 1. The number of hydrogen-bond donors (Lipinski definition) is 2. The summed E-state index contributed by atoms with van der Waals surface area (Å²) in [7, 11) is 1.93. The highest BCUT2D eigenvalue weighted by atomic mass is 16.5. The molecular formula is C16H25N3O2. The minimum absolute atomic E-state index is 0.0541. The lowest BCUT2D eigenvalue weighted by Gasteiger charge is -2.23. The van der Waals surface area contributed by atoms with Gasteiger partial charge >= 0.3 is 6.03 Å². The molecule has 5 nitrogen and oxygen atoms in total. The molecule has 2 amide bonds. The zero-order chi connectivity index (χ0) is 15.2. The highest BCUT2D eigenvalue weighted by molar-refractivity contribution is 5.89. The summed E-state index contributed by atoms with van der Waals surface area (Å²) in [5.74, 6) is 0. The molecule has 1 heterocycles. The number of nitrogens with one attached hydrogen (secondary N) is 2. The molecule has 0 aromatic heterocycles. The van der Waals surface area contributed by atoms with E-state index in [1.165, 1.54) is 0 Å². The maximum absolute atomic E-state index is 12.4. The Morgan fingerprint density at radius 2 is 2.29 bits per heavy atom. The number of amides is 2. The van der Waals surface area contributed by atoms with Gasteiger partial charge in [-0.05, 0) is 45.0 Å². The van der Waals surface area contributed by atoms with Gasteiger partial charge in [0.2, 0.25) is 0 Å². The van der Waals surface area contributed by atoms with Crippen molar-refractivity contribution in [1.82, 2.24) is 10.2 Å². The fourth-order valence-electron chi connectivity index (χ4n) is 2.43. The van der Waals surface area contributed by atoms with Crippen LogP contribution in [0.3, 0.4) is 0 Å². The van der Waals surface area contributed by atoms with E-state index in [0.717, 1.165) is 30.8 Å². The number of ether oxygens (including phenoxy) is 1. The van der Waals surface area contributed by atoms with Gasteiger partial charge in [0.05, 0.1) is 6.10 Å². The lowest BCUT2D eigenvalue weighted by molar-refractivity contribution is 0.0718. The number of benzene rings is 1. The standard InChI is InChI=1S/C16H25N3O2/c1-12-11-19(8-5-9-21-12)16(20)18-15-7-4-6-14(10-15)13(2)17-3/h4,6-7,10,12-13,17H,5,8-9,11H2,1-3H3,(H,18,20). The molecule has 0 spiro atoms. The molecule has 21 heavy (non-hydrogen) atoms. The quantitative estimate of drug-likeness (QED) is 0.900. The van der Waals surface area contributed by atoms with E-state index in [1.807, 2.05) is 37.1 Å². The second-order valence-corrected chi connectivity index (χ2v) is 5.55. The van der Waals surface area contributed by atoms with Crippen molar-refractivity contribution in [2.45, 2.75) is 32.4 Å². The van der Waals surface area contributed by atoms with Gasteiger partial charge < -0.3 is 20.3 Å². The van der Waals surface area contributed by atoms with Crippen LogP contribution in [0.5, 0.6) is 0 Å². The smallest absolute Gasteiger partial charge is 0.321 e. The van der Waals surface area contributed by atoms with Crippen molar-refractivity contribution in [2.24, 2.45) is 0 Å². The molecule has 2 unspecified atom stereocenters. The van der Waals surface area contributed by atoms with Crippen molar-refractivity contribution in [3.05, 3.63) is 29.8 Å². The zero-order valence-electron chi connectivity index (χ0n) is 13.1. The van der Waals surface area contributed by atoms with E-state index in [1.54, 1.807) is 0 Å². The fourth-order valence-corrected chi connectivity index (χ4v) is 2.43. The maximum atomic E-state index is 12.4. The van der Waals surface area contributed by atoms with Gasteiger partial charge in [-0.2, -0.15) is 0 Å². The maximum Gasteiger partial charge on any atom is 0.321 e. The summed E-state index contributed by atoms with van der Waals surface area (Å²) in [4.78, 5) is 14.2. The van der Waals surface area contributed by atoms with Gasteiger partial charge in [-0.15, -0.1) is 0 Å². The predicted molar refractivity (Wildman–Crippen MR) is 84.5 cm³/mol. The Morgan fingerprint density at radius 3 is 3.05 bits per heavy atom. The first kappa shape index (κ1) is 15.8.